The van der Waals surface area contributed by atoms with Gasteiger partial charge in [-0.2, -0.15) is 0 Å². The molecule has 0 spiro atoms. The number of rotatable bonds is 6. The molecule has 1 aliphatic rings. The lowest BCUT2D eigenvalue weighted by molar-refractivity contribution is -0.0976. The van der Waals surface area contributed by atoms with Gasteiger partial charge in [0.15, 0.2) is 0 Å². The van der Waals surface area contributed by atoms with Crippen molar-refractivity contribution in [2.45, 2.75) is 58.2 Å². The quantitative estimate of drug-likeness (QED) is 0.697. The van der Waals surface area contributed by atoms with E-state index in [1.807, 2.05) is 27.7 Å². The highest BCUT2D eigenvalue weighted by molar-refractivity contribution is 4.86. The molecule has 0 saturated carbocycles. The molecule has 1 aliphatic heterocycles. The molecule has 0 aromatic rings. The van der Waals surface area contributed by atoms with Gasteiger partial charge in [0.1, 0.15) is 18.3 Å². The zero-order valence-corrected chi connectivity index (χ0v) is 10.9. The Bertz CT molecular complexity index is 193. The fourth-order valence-electron chi connectivity index (χ4n) is 1.77. The van der Waals surface area contributed by atoms with Crippen molar-refractivity contribution in [1.82, 2.24) is 0 Å². The van der Waals surface area contributed by atoms with Gasteiger partial charge in [-0.3, -0.25) is 0 Å². The molecule has 0 aromatic carbocycles. The zero-order chi connectivity index (χ0) is 12.1. The first-order chi connectivity index (χ1) is 7.54. The van der Waals surface area contributed by atoms with E-state index in [2.05, 4.69) is 0 Å². The first-order valence-electron chi connectivity index (χ1n) is 5.96. The minimum atomic E-state index is -0.0243. The number of hydrogen-bond acceptors (Lipinski definition) is 4. The molecule has 0 aliphatic carbocycles. The van der Waals surface area contributed by atoms with E-state index in [1.165, 1.54) is 0 Å². The molecular formula is C12H24O4. The van der Waals surface area contributed by atoms with Crippen LogP contribution in [0.25, 0.3) is 0 Å². The van der Waals surface area contributed by atoms with Crippen molar-refractivity contribution in [1.29, 1.82) is 0 Å². The molecule has 0 bridgehead atoms. The summed E-state index contributed by atoms with van der Waals surface area (Å²) in [7, 11) is 1.69. The fourth-order valence-corrected chi connectivity index (χ4v) is 1.77. The minimum Gasteiger partial charge on any atom is -0.376 e. The van der Waals surface area contributed by atoms with Crippen molar-refractivity contribution in [3.63, 3.8) is 0 Å². The Hall–Kier alpha value is -0.160. The van der Waals surface area contributed by atoms with Crippen LogP contribution >= 0.6 is 0 Å². The van der Waals surface area contributed by atoms with Gasteiger partial charge in [-0.1, -0.05) is 0 Å². The molecule has 16 heavy (non-hydrogen) atoms. The normalized spacial score (nSPS) is 30.6. The van der Waals surface area contributed by atoms with Crippen LogP contribution < -0.4 is 0 Å². The fraction of sp³-hybridized carbons (Fsp3) is 1.00. The topological polar surface area (TPSA) is 36.9 Å². The third kappa shape index (κ3) is 4.01. The molecule has 1 rings (SSSR count). The van der Waals surface area contributed by atoms with Crippen LogP contribution in [-0.2, 0) is 18.9 Å². The van der Waals surface area contributed by atoms with Crippen LogP contribution in [0.1, 0.15) is 27.7 Å². The Morgan fingerprint density at radius 1 is 1.19 bits per heavy atom. The van der Waals surface area contributed by atoms with Crippen molar-refractivity contribution in [2.75, 3.05) is 20.3 Å². The molecule has 3 atom stereocenters. The molecule has 0 aromatic heterocycles. The van der Waals surface area contributed by atoms with Crippen LogP contribution in [0.5, 0.6) is 0 Å². The van der Waals surface area contributed by atoms with Gasteiger partial charge in [0.25, 0.3) is 0 Å². The highest BCUT2D eigenvalue weighted by Crippen LogP contribution is 2.22. The highest BCUT2D eigenvalue weighted by Gasteiger charge is 2.39. The van der Waals surface area contributed by atoms with E-state index >= 15 is 0 Å². The second-order valence-corrected chi connectivity index (χ2v) is 4.68. The third-order valence-electron chi connectivity index (χ3n) is 2.53. The van der Waals surface area contributed by atoms with Gasteiger partial charge in [-0.25, -0.2) is 0 Å². The first-order valence-corrected chi connectivity index (χ1v) is 5.96. The first kappa shape index (κ1) is 13.9. The van der Waals surface area contributed by atoms with Gasteiger partial charge < -0.3 is 18.9 Å². The van der Waals surface area contributed by atoms with E-state index in [9.17, 15) is 0 Å². The van der Waals surface area contributed by atoms with E-state index in [0.717, 1.165) is 0 Å². The van der Waals surface area contributed by atoms with Crippen molar-refractivity contribution in [2.24, 2.45) is 0 Å². The monoisotopic (exact) mass is 232 g/mol. The molecular weight excluding hydrogens is 208 g/mol. The molecule has 4 heteroatoms. The summed E-state index contributed by atoms with van der Waals surface area (Å²) in [4.78, 5) is 0. The lowest BCUT2D eigenvalue weighted by Gasteiger charge is -2.25. The molecule has 0 amide bonds. The van der Waals surface area contributed by atoms with Crippen LogP contribution in [0.2, 0.25) is 0 Å². The van der Waals surface area contributed by atoms with E-state index in [0.29, 0.717) is 13.2 Å². The van der Waals surface area contributed by atoms with E-state index in [-0.39, 0.29) is 30.5 Å². The zero-order valence-electron chi connectivity index (χ0n) is 10.9. The highest BCUT2D eigenvalue weighted by atomic mass is 16.6. The Morgan fingerprint density at radius 3 is 2.38 bits per heavy atom. The van der Waals surface area contributed by atoms with Gasteiger partial charge in [0, 0.05) is 7.11 Å². The molecule has 4 nitrogen and oxygen atoms in total. The number of ether oxygens (including phenoxy) is 4. The van der Waals surface area contributed by atoms with E-state index in [1.54, 1.807) is 7.11 Å². The van der Waals surface area contributed by atoms with Crippen molar-refractivity contribution < 1.29 is 18.9 Å². The lowest BCUT2D eigenvalue weighted by Crippen LogP contribution is -2.39. The van der Waals surface area contributed by atoms with Crippen molar-refractivity contribution in [3.8, 4) is 0 Å². The van der Waals surface area contributed by atoms with Gasteiger partial charge >= 0.3 is 0 Å². The Labute approximate surface area is 98.2 Å². The summed E-state index contributed by atoms with van der Waals surface area (Å²) < 4.78 is 22.4. The third-order valence-corrected chi connectivity index (χ3v) is 2.53. The van der Waals surface area contributed by atoms with Crippen LogP contribution in [0.3, 0.4) is 0 Å². The summed E-state index contributed by atoms with van der Waals surface area (Å²) in [6.07, 6.45) is 0.359. The van der Waals surface area contributed by atoms with Gasteiger partial charge in [-0.05, 0) is 27.7 Å². The summed E-state index contributed by atoms with van der Waals surface area (Å²) in [5.74, 6) is 0. The molecule has 1 heterocycles. The molecule has 96 valence electrons. The van der Waals surface area contributed by atoms with Crippen LogP contribution in [0.15, 0.2) is 0 Å². The Kier molecular flexibility index (Phi) is 5.69. The van der Waals surface area contributed by atoms with Crippen LogP contribution in [-0.4, -0.2) is 50.8 Å². The Balaban J connectivity index is 2.48. The Morgan fingerprint density at radius 2 is 1.88 bits per heavy atom. The predicted octanol–water partition coefficient (Wildman–Crippen LogP) is 1.62. The summed E-state index contributed by atoms with van der Waals surface area (Å²) in [6, 6.07) is 0. The minimum absolute atomic E-state index is 0.0168. The lowest BCUT2D eigenvalue weighted by atomic mass is 10.1. The second-order valence-electron chi connectivity index (χ2n) is 4.68. The SMILES string of the molecule is COC1CO[C@H](COC(C)C)[C@@H]1OC(C)C. The standard InChI is InChI=1S/C12H24O4/c1-8(2)14-7-11-12(16-9(3)4)10(13-5)6-15-11/h8-12H,6-7H2,1-5H3/t10?,11-,12-/m1/s1. The predicted molar refractivity (Wildman–Crippen MR) is 61.6 cm³/mol. The largest absolute Gasteiger partial charge is 0.376 e. The summed E-state index contributed by atoms with van der Waals surface area (Å²) >= 11 is 0. The molecule has 0 radical (unpaired) electrons. The maximum absolute atomic E-state index is 5.83. The molecule has 1 fully saturated rings. The van der Waals surface area contributed by atoms with Gasteiger partial charge in [-0.15, -0.1) is 0 Å². The summed E-state index contributed by atoms with van der Waals surface area (Å²) in [6.45, 7) is 9.22. The second kappa shape index (κ2) is 6.55. The van der Waals surface area contributed by atoms with E-state index < -0.39 is 0 Å². The van der Waals surface area contributed by atoms with Gasteiger partial charge in [0.05, 0.1) is 25.4 Å². The van der Waals surface area contributed by atoms with Crippen molar-refractivity contribution in [3.05, 3.63) is 0 Å². The summed E-state index contributed by atoms with van der Waals surface area (Å²) in [5.41, 5.74) is 0. The van der Waals surface area contributed by atoms with Gasteiger partial charge in [0.2, 0.25) is 0 Å². The smallest absolute Gasteiger partial charge is 0.115 e. The molecule has 1 unspecified atom stereocenters. The maximum Gasteiger partial charge on any atom is 0.115 e. The average Bonchev–Trinajstić information content (AvgIpc) is 2.56. The van der Waals surface area contributed by atoms with Crippen LogP contribution in [0.4, 0.5) is 0 Å². The number of methoxy groups -OCH3 is 1. The molecule has 0 N–H and O–H groups in total. The number of hydrogen-bond donors (Lipinski definition) is 0. The van der Waals surface area contributed by atoms with Crippen molar-refractivity contribution >= 4 is 0 Å². The average molecular weight is 232 g/mol. The summed E-state index contributed by atoms with van der Waals surface area (Å²) in [5, 5.41) is 0. The molecule has 1 saturated heterocycles. The van der Waals surface area contributed by atoms with Crippen LogP contribution in [0, 0.1) is 0 Å². The maximum atomic E-state index is 5.83. The van der Waals surface area contributed by atoms with E-state index in [4.69, 9.17) is 18.9 Å².